The quantitative estimate of drug-likeness (QED) is 0.831. The Morgan fingerprint density at radius 2 is 2.04 bits per heavy atom. The number of hydrogen-bond donors (Lipinski definition) is 2. The van der Waals surface area contributed by atoms with Crippen molar-refractivity contribution >= 4 is 11.8 Å². The summed E-state index contributed by atoms with van der Waals surface area (Å²) in [4.78, 5) is 17.8. The Kier molecular flexibility index (Phi) is 5.52. The molecule has 26 heavy (non-hydrogen) atoms. The van der Waals surface area contributed by atoms with Gasteiger partial charge in [-0.3, -0.25) is 4.79 Å². The molecule has 0 aliphatic carbocycles. The van der Waals surface area contributed by atoms with Crippen LogP contribution < -0.4 is 4.90 Å². The number of carboxylic acids is 1. The monoisotopic (exact) mass is 358 g/mol. The second-order valence-electron chi connectivity index (χ2n) is 6.84. The number of aliphatic carboxylic acids is 1. The number of halogens is 1. The maximum absolute atomic E-state index is 14.1. The molecule has 2 heterocycles. The number of aromatic nitrogens is 1. The van der Waals surface area contributed by atoms with Crippen molar-refractivity contribution in [3.63, 3.8) is 0 Å². The molecular weight excluding hydrogens is 335 g/mol. The lowest BCUT2D eigenvalue weighted by Gasteiger charge is -2.44. The maximum atomic E-state index is 14.1. The molecule has 3 rings (SSSR count). The number of aliphatic hydroxyl groups is 1. The van der Waals surface area contributed by atoms with E-state index in [9.17, 15) is 19.4 Å². The van der Waals surface area contributed by atoms with Crippen LogP contribution in [-0.2, 0) is 11.2 Å². The van der Waals surface area contributed by atoms with Gasteiger partial charge in [-0.1, -0.05) is 30.3 Å². The van der Waals surface area contributed by atoms with E-state index in [-0.39, 0.29) is 18.8 Å². The normalized spacial score (nSPS) is 23.0. The fraction of sp³-hybridized carbons (Fsp3) is 0.400. The molecule has 1 fully saturated rings. The topological polar surface area (TPSA) is 73.7 Å². The first kappa shape index (κ1) is 18.3. The van der Waals surface area contributed by atoms with E-state index in [1.54, 1.807) is 4.90 Å². The van der Waals surface area contributed by atoms with Crippen LogP contribution >= 0.6 is 0 Å². The molecule has 0 unspecified atom stereocenters. The summed E-state index contributed by atoms with van der Waals surface area (Å²) in [6.07, 6.45) is 2.49. The highest BCUT2D eigenvalue weighted by molar-refractivity contribution is 5.77. The van der Waals surface area contributed by atoms with Crippen LogP contribution in [0.5, 0.6) is 0 Å². The van der Waals surface area contributed by atoms with E-state index in [2.05, 4.69) is 4.98 Å². The molecule has 0 amide bonds. The van der Waals surface area contributed by atoms with Crippen LogP contribution in [0, 0.1) is 11.2 Å². The molecule has 2 aromatic rings. The van der Waals surface area contributed by atoms with Crippen LogP contribution in [-0.4, -0.2) is 40.4 Å². The van der Waals surface area contributed by atoms with Crippen molar-refractivity contribution in [2.45, 2.75) is 31.8 Å². The smallest absolute Gasteiger partial charge is 0.314 e. The second kappa shape index (κ2) is 7.83. The highest BCUT2D eigenvalue weighted by atomic mass is 19.1. The fourth-order valence-corrected chi connectivity index (χ4v) is 3.69. The summed E-state index contributed by atoms with van der Waals surface area (Å²) in [5.41, 5.74) is -0.192. The summed E-state index contributed by atoms with van der Waals surface area (Å²) in [5.74, 6) is -1.38. The van der Waals surface area contributed by atoms with Gasteiger partial charge in [0.25, 0.3) is 0 Å². The molecule has 1 aromatic carbocycles. The minimum absolute atomic E-state index is 0.0478. The lowest BCUT2D eigenvalue weighted by molar-refractivity contribution is -0.158. The number of benzene rings is 1. The first-order valence-corrected chi connectivity index (χ1v) is 8.84. The van der Waals surface area contributed by atoms with E-state index < -0.39 is 23.3 Å². The standard InChI is InChI=1S/C20H23FN2O3/c21-16-9-5-12-22-18(16)23-13-10-17(24)20(14-23,19(25)26)11-4-8-15-6-2-1-3-7-15/h1-3,5-7,9,12,17,24H,4,8,10-11,13-14H2,(H,25,26)/t17-,20-/m1/s1. The number of piperidine rings is 1. The predicted molar refractivity (Wildman–Crippen MR) is 96.5 cm³/mol. The number of carboxylic acid groups (broad SMARTS) is 1. The number of hydrogen-bond acceptors (Lipinski definition) is 4. The molecule has 1 aliphatic heterocycles. The van der Waals surface area contributed by atoms with Gasteiger partial charge in [0.05, 0.1) is 6.10 Å². The van der Waals surface area contributed by atoms with Gasteiger partial charge in [-0.25, -0.2) is 9.37 Å². The van der Waals surface area contributed by atoms with Crippen molar-refractivity contribution in [2.75, 3.05) is 18.0 Å². The van der Waals surface area contributed by atoms with Gasteiger partial charge in [0, 0.05) is 19.3 Å². The molecule has 1 aliphatic rings. The van der Waals surface area contributed by atoms with Crippen molar-refractivity contribution < 1.29 is 19.4 Å². The Morgan fingerprint density at radius 1 is 1.27 bits per heavy atom. The molecule has 0 spiro atoms. The van der Waals surface area contributed by atoms with Gasteiger partial charge in [0.2, 0.25) is 0 Å². The second-order valence-corrected chi connectivity index (χ2v) is 6.84. The summed E-state index contributed by atoms with van der Waals surface area (Å²) in [6.45, 7) is 0.426. The molecule has 0 bridgehead atoms. The van der Waals surface area contributed by atoms with Crippen molar-refractivity contribution in [3.05, 3.63) is 60.0 Å². The summed E-state index contributed by atoms with van der Waals surface area (Å²) >= 11 is 0. The van der Waals surface area contributed by atoms with Crippen LogP contribution in [0.25, 0.3) is 0 Å². The number of carbonyl (C=O) groups is 1. The van der Waals surface area contributed by atoms with Crippen molar-refractivity contribution in [2.24, 2.45) is 5.41 Å². The van der Waals surface area contributed by atoms with E-state index in [1.807, 2.05) is 30.3 Å². The highest BCUT2D eigenvalue weighted by Crippen LogP contribution is 2.37. The van der Waals surface area contributed by atoms with E-state index in [0.717, 1.165) is 12.0 Å². The minimum Gasteiger partial charge on any atom is -0.481 e. The molecule has 5 nitrogen and oxygen atoms in total. The van der Waals surface area contributed by atoms with Gasteiger partial charge in [-0.05, 0) is 43.4 Å². The third-order valence-electron chi connectivity index (χ3n) is 5.18. The molecule has 1 saturated heterocycles. The van der Waals surface area contributed by atoms with Gasteiger partial charge >= 0.3 is 5.97 Å². The maximum Gasteiger partial charge on any atom is 0.314 e. The number of aliphatic hydroxyl groups excluding tert-OH is 1. The Labute approximate surface area is 152 Å². The van der Waals surface area contributed by atoms with Crippen molar-refractivity contribution in [3.8, 4) is 0 Å². The van der Waals surface area contributed by atoms with Gasteiger partial charge < -0.3 is 15.1 Å². The first-order chi connectivity index (χ1) is 12.5. The minimum atomic E-state index is -1.32. The molecule has 138 valence electrons. The van der Waals surface area contributed by atoms with Crippen LogP contribution in [0.15, 0.2) is 48.7 Å². The summed E-state index contributed by atoms with van der Waals surface area (Å²) < 4.78 is 14.1. The molecule has 0 saturated carbocycles. The number of anilines is 1. The molecule has 2 atom stereocenters. The van der Waals surface area contributed by atoms with Gasteiger partial charge in [0.15, 0.2) is 11.6 Å². The third kappa shape index (κ3) is 3.70. The van der Waals surface area contributed by atoms with Crippen LogP contribution in [0.4, 0.5) is 10.2 Å². The lowest BCUT2D eigenvalue weighted by Crippen LogP contribution is -2.56. The predicted octanol–water partition coefficient (Wildman–Crippen LogP) is 2.89. The fourth-order valence-electron chi connectivity index (χ4n) is 3.69. The number of aryl methyl sites for hydroxylation is 1. The lowest BCUT2D eigenvalue weighted by atomic mass is 9.73. The van der Waals surface area contributed by atoms with Gasteiger partial charge in [0.1, 0.15) is 5.41 Å². The molecule has 6 heteroatoms. The largest absolute Gasteiger partial charge is 0.481 e. The van der Waals surface area contributed by atoms with Crippen molar-refractivity contribution in [1.82, 2.24) is 4.98 Å². The zero-order valence-corrected chi connectivity index (χ0v) is 14.5. The van der Waals surface area contributed by atoms with Gasteiger partial charge in [-0.15, -0.1) is 0 Å². The number of nitrogens with zero attached hydrogens (tertiary/aromatic N) is 2. The summed E-state index contributed by atoms with van der Waals surface area (Å²) in [6, 6.07) is 12.6. The van der Waals surface area contributed by atoms with E-state index >= 15 is 0 Å². The zero-order chi connectivity index (χ0) is 18.6. The Morgan fingerprint density at radius 3 is 2.73 bits per heavy atom. The highest BCUT2D eigenvalue weighted by Gasteiger charge is 2.49. The SMILES string of the molecule is O=C(O)[C@]1(CCCc2ccccc2)CN(c2ncccc2F)CC[C@H]1O. The molecule has 0 radical (unpaired) electrons. The van der Waals surface area contributed by atoms with Crippen molar-refractivity contribution in [1.29, 1.82) is 0 Å². The van der Waals surface area contributed by atoms with E-state index in [1.165, 1.54) is 18.3 Å². The van der Waals surface area contributed by atoms with Crippen LogP contribution in [0.2, 0.25) is 0 Å². The molecule has 1 aromatic heterocycles. The van der Waals surface area contributed by atoms with Crippen LogP contribution in [0.3, 0.4) is 0 Å². The zero-order valence-electron chi connectivity index (χ0n) is 14.5. The Bertz CT molecular complexity index is 756. The number of rotatable bonds is 6. The molecule has 2 N–H and O–H groups in total. The molecular formula is C20H23FN2O3. The Balaban J connectivity index is 1.76. The average molecular weight is 358 g/mol. The van der Waals surface area contributed by atoms with Crippen LogP contribution in [0.1, 0.15) is 24.8 Å². The van der Waals surface area contributed by atoms with E-state index in [4.69, 9.17) is 0 Å². The first-order valence-electron chi connectivity index (χ1n) is 8.84. The van der Waals surface area contributed by atoms with E-state index in [0.29, 0.717) is 19.4 Å². The average Bonchev–Trinajstić information content (AvgIpc) is 2.64. The third-order valence-corrected chi connectivity index (χ3v) is 5.18. The van der Waals surface area contributed by atoms with Gasteiger partial charge in [-0.2, -0.15) is 0 Å². The number of pyridine rings is 1. The summed E-state index contributed by atoms with van der Waals surface area (Å²) in [5, 5.41) is 20.4. The summed E-state index contributed by atoms with van der Waals surface area (Å²) in [7, 11) is 0. The Hall–Kier alpha value is -2.47.